The molecule has 0 aliphatic rings. The molecule has 0 amide bonds. The number of nitrogens with zero attached hydrogens (tertiary/aromatic N) is 1. The zero-order valence-electron chi connectivity index (χ0n) is 10.1. The second-order valence-electron chi connectivity index (χ2n) is 4.31. The number of ether oxygens (including phenoxy) is 1. The molecular weight excluding hydrogens is 176 g/mol. The highest BCUT2D eigenvalue weighted by Gasteiger charge is 2.13. The van der Waals surface area contributed by atoms with Gasteiger partial charge in [-0.1, -0.05) is 13.8 Å². The van der Waals surface area contributed by atoms with Crippen LogP contribution in [0.4, 0.5) is 0 Å². The fourth-order valence-electron chi connectivity index (χ4n) is 1.59. The minimum atomic E-state index is 0.567. The molecule has 0 spiro atoms. The van der Waals surface area contributed by atoms with E-state index in [4.69, 9.17) is 10.5 Å². The van der Waals surface area contributed by atoms with Crippen LogP contribution in [0.5, 0.6) is 0 Å². The van der Waals surface area contributed by atoms with E-state index < -0.39 is 0 Å². The Morgan fingerprint density at radius 3 is 2.36 bits per heavy atom. The standard InChI is InChI=1S/C11H26N2O/c1-10(2)9-13(7-8-14-4)11(3)5-6-12/h10-11H,5-9,12H2,1-4H3. The zero-order valence-corrected chi connectivity index (χ0v) is 10.1. The van der Waals surface area contributed by atoms with E-state index >= 15 is 0 Å². The van der Waals surface area contributed by atoms with E-state index in [2.05, 4.69) is 25.7 Å². The lowest BCUT2D eigenvalue weighted by molar-refractivity contribution is 0.113. The highest BCUT2D eigenvalue weighted by atomic mass is 16.5. The average molecular weight is 202 g/mol. The summed E-state index contributed by atoms with van der Waals surface area (Å²) in [4.78, 5) is 2.46. The van der Waals surface area contributed by atoms with Gasteiger partial charge in [0.1, 0.15) is 0 Å². The monoisotopic (exact) mass is 202 g/mol. The topological polar surface area (TPSA) is 38.5 Å². The number of hydrogen-bond acceptors (Lipinski definition) is 3. The number of nitrogens with two attached hydrogens (primary N) is 1. The van der Waals surface area contributed by atoms with Gasteiger partial charge in [-0.25, -0.2) is 0 Å². The van der Waals surface area contributed by atoms with Crippen LogP contribution in [-0.4, -0.2) is 44.3 Å². The zero-order chi connectivity index (χ0) is 11.0. The normalized spacial score (nSPS) is 13.9. The van der Waals surface area contributed by atoms with Crippen molar-refractivity contribution in [1.82, 2.24) is 4.90 Å². The van der Waals surface area contributed by atoms with E-state index in [0.29, 0.717) is 12.0 Å². The molecule has 3 nitrogen and oxygen atoms in total. The summed E-state index contributed by atoms with van der Waals surface area (Å²) in [6, 6.07) is 0.567. The van der Waals surface area contributed by atoms with Gasteiger partial charge in [0.05, 0.1) is 6.61 Å². The van der Waals surface area contributed by atoms with E-state index in [1.54, 1.807) is 7.11 Å². The van der Waals surface area contributed by atoms with Gasteiger partial charge in [-0.05, 0) is 25.8 Å². The first kappa shape index (κ1) is 13.9. The Labute approximate surface area is 88.6 Å². The maximum atomic E-state index is 5.57. The van der Waals surface area contributed by atoms with Crippen molar-refractivity contribution in [2.75, 3.05) is 33.4 Å². The largest absolute Gasteiger partial charge is 0.383 e. The smallest absolute Gasteiger partial charge is 0.0589 e. The summed E-state index contributed by atoms with van der Waals surface area (Å²) in [7, 11) is 1.75. The van der Waals surface area contributed by atoms with Crippen LogP contribution < -0.4 is 5.73 Å². The predicted molar refractivity (Wildman–Crippen MR) is 61.4 cm³/mol. The lowest BCUT2D eigenvalue weighted by atomic mass is 10.1. The second kappa shape index (κ2) is 8.21. The van der Waals surface area contributed by atoms with E-state index in [1.807, 2.05) is 0 Å². The fourth-order valence-corrected chi connectivity index (χ4v) is 1.59. The van der Waals surface area contributed by atoms with E-state index in [-0.39, 0.29) is 0 Å². The number of methoxy groups -OCH3 is 1. The molecule has 1 atom stereocenters. The average Bonchev–Trinajstić information content (AvgIpc) is 2.12. The molecule has 0 rings (SSSR count). The van der Waals surface area contributed by atoms with Crippen molar-refractivity contribution in [1.29, 1.82) is 0 Å². The minimum Gasteiger partial charge on any atom is -0.383 e. The molecule has 0 radical (unpaired) electrons. The third kappa shape index (κ3) is 6.35. The Kier molecular flexibility index (Phi) is 8.14. The second-order valence-corrected chi connectivity index (χ2v) is 4.31. The molecule has 3 heteroatoms. The molecule has 0 aliphatic heterocycles. The molecule has 1 unspecified atom stereocenters. The van der Waals surface area contributed by atoms with Crippen LogP contribution in [-0.2, 0) is 4.74 Å². The molecule has 0 bridgehead atoms. The van der Waals surface area contributed by atoms with Crippen LogP contribution in [0, 0.1) is 5.92 Å². The first-order chi connectivity index (χ1) is 6.61. The Bertz CT molecular complexity index is 128. The van der Waals surface area contributed by atoms with Crippen molar-refractivity contribution in [3.05, 3.63) is 0 Å². The Morgan fingerprint density at radius 1 is 1.29 bits per heavy atom. The highest BCUT2D eigenvalue weighted by Crippen LogP contribution is 2.06. The summed E-state index contributed by atoms with van der Waals surface area (Å²) in [6.07, 6.45) is 1.07. The van der Waals surface area contributed by atoms with E-state index in [1.165, 1.54) is 0 Å². The lowest BCUT2D eigenvalue weighted by Gasteiger charge is -2.30. The van der Waals surface area contributed by atoms with Gasteiger partial charge >= 0.3 is 0 Å². The molecule has 86 valence electrons. The Balaban J connectivity index is 3.94. The summed E-state index contributed by atoms with van der Waals surface area (Å²) in [5.74, 6) is 0.701. The molecular formula is C11H26N2O. The van der Waals surface area contributed by atoms with Gasteiger partial charge in [-0.3, -0.25) is 4.90 Å². The van der Waals surface area contributed by atoms with Crippen LogP contribution >= 0.6 is 0 Å². The van der Waals surface area contributed by atoms with E-state index in [9.17, 15) is 0 Å². The molecule has 0 aromatic rings. The molecule has 0 fully saturated rings. The first-order valence-corrected chi connectivity index (χ1v) is 5.54. The molecule has 0 heterocycles. The predicted octanol–water partition coefficient (Wildman–Crippen LogP) is 1.33. The van der Waals surface area contributed by atoms with Gasteiger partial charge < -0.3 is 10.5 Å². The molecule has 0 saturated carbocycles. The first-order valence-electron chi connectivity index (χ1n) is 5.54. The van der Waals surface area contributed by atoms with Crippen molar-refractivity contribution in [3.63, 3.8) is 0 Å². The van der Waals surface area contributed by atoms with Crippen molar-refractivity contribution >= 4 is 0 Å². The minimum absolute atomic E-state index is 0.567. The number of rotatable bonds is 8. The van der Waals surface area contributed by atoms with Crippen molar-refractivity contribution < 1.29 is 4.74 Å². The summed E-state index contributed by atoms with van der Waals surface area (Å²) in [5, 5.41) is 0. The summed E-state index contributed by atoms with van der Waals surface area (Å²) in [6.45, 7) is 10.4. The highest BCUT2D eigenvalue weighted by molar-refractivity contribution is 4.68. The molecule has 14 heavy (non-hydrogen) atoms. The third-order valence-corrected chi connectivity index (χ3v) is 2.39. The maximum Gasteiger partial charge on any atom is 0.0589 e. The van der Waals surface area contributed by atoms with Crippen LogP contribution in [0.1, 0.15) is 27.2 Å². The quantitative estimate of drug-likeness (QED) is 0.645. The van der Waals surface area contributed by atoms with Gasteiger partial charge in [0.15, 0.2) is 0 Å². The van der Waals surface area contributed by atoms with Crippen LogP contribution in [0.2, 0.25) is 0 Å². The van der Waals surface area contributed by atoms with Crippen LogP contribution in [0.25, 0.3) is 0 Å². The third-order valence-electron chi connectivity index (χ3n) is 2.39. The van der Waals surface area contributed by atoms with Gasteiger partial charge in [0.25, 0.3) is 0 Å². The fraction of sp³-hybridized carbons (Fsp3) is 1.00. The summed E-state index contributed by atoms with van der Waals surface area (Å²) in [5.41, 5.74) is 5.57. The summed E-state index contributed by atoms with van der Waals surface area (Å²) >= 11 is 0. The molecule has 0 aliphatic carbocycles. The van der Waals surface area contributed by atoms with Gasteiger partial charge in [0.2, 0.25) is 0 Å². The van der Waals surface area contributed by atoms with E-state index in [0.717, 1.165) is 32.7 Å². The van der Waals surface area contributed by atoms with Crippen molar-refractivity contribution in [2.45, 2.75) is 33.2 Å². The molecule has 2 N–H and O–H groups in total. The number of hydrogen-bond donors (Lipinski definition) is 1. The lowest BCUT2D eigenvalue weighted by Crippen LogP contribution is -2.39. The van der Waals surface area contributed by atoms with Gasteiger partial charge in [-0.2, -0.15) is 0 Å². The van der Waals surface area contributed by atoms with Crippen molar-refractivity contribution in [3.8, 4) is 0 Å². The molecule has 0 aromatic carbocycles. The molecule has 0 saturated heterocycles. The maximum absolute atomic E-state index is 5.57. The van der Waals surface area contributed by atoms with Crippen molar-refractivity contribution in [2.24, 2.45) is 11.7 Å². The van der Waals surface area contributed by atoms with Crippen LogP contribution in [0.15, 0.2) is 0 Å². The van der Waals surface area contributed by atoms with Crippen LogP contribution in [0.3, 0.4) is 0 Å². The Hall–Kier alpha value is -0.120. The van der Waals surface area contributed by atoms with Gasteiger partial charge in [-0.15, -0.1) is 0 Å². The Morgan fingerprint density at radius 2 is 1.93 bits per heavy atom. The van der Waals surface area contributed by atoms with Gasteiger partial charge in [0, 0.05) is 26.2 Å². The summed E-state index contributed by atoms with van der Waals surface area (Å²) < 4.78 is 5.11. The molecule has 0 aromatic heterocycles. The SMILES string of the molecule is COCCN(CC(C)C)C(C)CCN.